The van der Waals surface area contributed by atoms with Crippen molar-refractivity contribution < 1.29 is 19.4 Å². The number of likely N-dealkylation sites (N-methyl/N-ethyl adjacent to an activating group) is 1. The van der Waals surface area contributed by atoms with Crippen LogP contribution in [0, 0.1) is 0 Å². The molecule has 7 nitrogen and oxygen atoms in total. The number of carbonyl (C=O) groups is 2. The fraction of sp³-hybridized carbons (Fsp3) is 0.889. The number of carbonyl (C=O) groups excluding carboxylic acids is 1. The van der Waals surface area contributed by atoms with Crippen LogP contribution in [-0.2, 0) is 14.3 Å². The predicted octanol–water partition coefficient (Wildman–Crippen LogP) is 0.684. The van der Waals surface area contributed by atoms with Gasteiger partial charge in [-0.3, -0.25) is 19.4 Å². The van der Waals surface area contributed by atoms with E-state index in [0.29, 0.717) is 19.3 Å². The lowest BCUT2D eigenvalue weighted by molar-refractivity contribution is -0.141. The van der Waals surface area contributed by atoms with E-state index in [1.165, 1.54) is 25.7 Å². The van der Waals surface area contributed by atoms with E-state index < -0.39 is 5.97 Å². The van der Waals surface area contributed by atoms with Crippen molar-refractivity contribution in [3.63, 3.8) is 0 Å². The normalized spacial score (nSPS) is 31.0. The van der Waals surface area contributed by atoms with Gasteiger partial charge in [0.05, 0.1) is 19.8 Å². The van der Waals surface area contributed by atoms with Crippen LogP contribution in [0.4, 0.5) is 0 Å². The molecule has 1 unspecified atom stereocenters. The van der Waals surface area contributed by atoms with Crippen LogP contribution in [0.1, 0.15) is 45.4 Å². The van der Waals surface area contributed by atoms with Crippen LogP contribution < -0.4 is 5.32 Å². The van der Waals surface area contributed by atoms with Crippen molar-refractivity contribution >= 4 is 11.9 Å². The monoisotopic (exact) mass is 353 g/mol. The van der Waals surface area contributed by atoms with Gasteiger partial charge in [0.15, 0.2) is 0 Å². The number of rotatable bonds is 7. The quantitative estimate of drug-likeness (QED) is 0.701. The molecule has 142 valence electrons. The van der Waals surface area contributed by atoms with E-state index in [1.54, 1.807) is 0 Å². The summed E-state index contributed by atoms with van der Waals surface area (Å²) in [7, 11) is 0. The van der Waals surface area contributed by atoms with Crippen molar-refractivity contribution in [3.05, 3.63) is 0 Å². The van der Waals surface area contributed by atoms with Crippen molar-refractivity contribution in [2.45, 2.75) is 69.6 Å². The highest BCUT2D eigenvalue weighted by atomic mass is 16.5. The summed E-state index contributed by atoms with van der Waals surface area (Å²) in [6.07, 6.45) is 6.58. The lowest BCUT2D eigenvalue weighted by atomic mass is 9.85. The van der Waals surface area contributed by atoms with E-state index in [0.717, 1.165) is 25.9 Å². The Hall–Kier alpha value is -1.18. The van der Waals surface area contributed by atoms with Gasteiger partial charge in [-0.2, -0.15) is 0 Å². The van der Waals surface area contributed by atoms with Crippen molar-refractivity contribution in [1.29, 1.82) is 0 Å². The summed E-state index contributed by atoms with van der Waals surface area (Å²) in [5.41, 5.74) is 0. The van der Waals surface area contributed by atoms with Gasteiger partial charge >= 0.3 is 5.97 Å². The molecule has 0 spiro atoms. The molecule has 1 aliphatic heterocycles. The summed E-state index contributed by atoms with van der Waals surface area (Å²) >= 11 is 0. The van der Waals surface area contributed by atoms with Crippen molar-refractivity contribution in [1.82, 2.24) is 15.1 Å². The summed E-state index contributed by atoms with van der Waals surface area (Å²) in [4.78, 5) is 28.0. The van der Waals surface area contributed by atoms with Crippen LogP contribution in [0.2, 0.25) is 0 Å². The van der Waals surface area contributed by atoms with Crippen molar-refractivity contribution in [3.8, 4) is 0 Å². The highest BCUT2D eigenvalue weighted by Gasteiger charge is 2.39. The Morgan fingerprint density at radius 1 is 1.28 bits per heavy atom. The molecule has 3 fully saturated rings. The van der Waals surface area contributed by atoms with Crippen LogP contribution in [0.3, 0.4) is 0 Å². The van der Waals surface area contributed by atoms with Gasteiger partial charge < -0.3 is 15.2 Å². The van der Waals surface area contributed by atoms with Gasteiger partial charge in [-0.25, -0.2) is 0 Å². The molecule has 2 aliphatic carbocycles. The fourth-order valence-corrected chi connectivity index (χ4v) is 4.49. The largest absolute Gasteiger partial charge is 0.480 e. The van der Waals surface area contributed by atoms with E-state index in [-0.39, 0.29) is 30.6 Å². The zero-order valence-electron chi connectivity index (χ0n) is 15.2. The first-order chi connectivity index (χ1) is 12.1. The van der Waals surface area contributed by atoms with Gasteiger partial charge in [0.25, 0.3) is 0 Å². The number of amides is 1. The molecule has 2 saturated carbocycles. The van der Waals surface area contributed by atoms with Crippen LogP contribution in [0.5, 0.6) is 0 Å². The second kappa shape index (κ2) is 8.47. The van der Waals surface area contributed by atoms with E-state index >= 15 is 0 Å². The molecule has 1 amide bonds. The second-order valence-electron chi connectivity index (χ2n) is 7.55. The summed E-state index contributed by atoms with van der Waals surface area (Å²) in [5, 5.41) is 12.1. The molecule has 1 atom stereocenters. The molecule has 1 saturated heterocycles. The number of nitrogens with zero attached hydrogens (tertiary/aromatic N) is 2. The van der Waals surface area contributed by atoms with E-state index in [2.05, 4.69) is 10.2 Å². The first kappa shape index (κ1) is 18.6. The van der Waals surface area contributed by atoms with Gasteiger partial charge in [0.1, 0.15) is 6.04 Å². The van der Waals surface area contributed by atoms with Crippen LogP contribution >= 0.6 is 0 Å². The predicted molar refractivity (Wildman–Crippen MR) is 93.4 cm³/mol. The van der Waals surface area contributed by atoms with Gasteiger partial charge in [0.2, 0.25) is 5.91 Å². The number of hydrogen-bond acceptors (Lipinski definition) is 5. The number of aliphatic carboxylic acids is 1. The first-order valence-corrected chi connectivity index (χ1v) is 9.68. The van der Waals surface area contributed by atoms with E-state index in [4.69, 9.17) is 9.84 Å². The molecule has 3 aliphatic rings. The Kier molecular flexibility index (Phi) is 6.30. The van der Waals surface area contributed by atoms with Gasteiger partial charge in [-0.15, -0.1) is 0 Å². The van der Waals surface area contributed by atoms with Crippen LogP contribution in [-0.4, -0.2) is 83.8 Å². The third-order valence-electron chi connectivity index (χ3n) is 5.99. The molecule has 7 heteroatoms. The molecular weight excluding hydrogens is 322 g/mol. The maximum atomic E-state index is 12.8. The molecule has 3 rings (SSSR count). The smallest absolute Gasteiger partial charge is 0.317 e. The highest BCUT2D eigenvalue weighted by Crippen LogP contribution is 2.28. The minimum atomic E-state index is -0.791. The number of carboxylic acids is 1. The zero-order valence-corrected chi connectivity index (χ0v) is 15.2. The molecule has 0 radical (unpaired) electrons. The molecule has 0 aromatic heterocycles. The Labute approximate surface area is 149 Å². The average Bonchev–Trinajstić information content (AvgIpc) is 3.10. The molecule has 25 heavy (non-hydrogen) atoms. The maximum absolute atomic E-state index is 12.8. The van der Waals surface area contributed by atoms with Gasteiger partial charge in [-0.1, -0.05) is 19.8 Å². The number of ether oxygens (including phenoxy) is 1. The third-order valence-corrected chi connectivity index (χ3v) is 5.99. The van der Waals surface area contributed by atoms with E-state index in [9.17, 15) is 9.59 Å². The van der Waals surface area contributed by atoms with Gasteiger partial charge in [-0.05, 0) is 32.2 Å². The number of morpholine rings is 1. The minimum absolute atomic E-state index is 0.0771. The SMILES string of the molecule is CCN(CC(=O)O)C1CC(NC(=O)C2COCCN2C2CCCC2)C1. The molecular formula is C18H31N3O4. The molecule has 0 aromatic rings. The molecule has 0 bridgehead atoms. The fourth-order valence-electron chi connectivity index (χ4n) is 4.49. The summed E-state index contributed by atoms with van der Waals surface area (Å²) < 4.78 is 5.57. The summed E-state index contributed by atoms with van der Waals surface area (Å²) in [6, 6.07) is 0.782. The summed E-state index contributed by atoms with van der Waals surface area (Å²) in [6.45, 7) is 4.83. The van der Waals surface area contributed by atoms with Gasteiger partial charge in [0, 0.05) is 24.7 Å². The lowest BCUT2D eigenvalue weighted by Gasteiger charge is -2.44. The Balaban J connectivity index is 1.48. The average molecular weight is 353 g/mol. The maximum Gasteiger partial charge on any atom is 0.317 e. The lowest BCUT2D eigenvalue weighted by Crippen LogP contribution is -2.61. The topological polar surface area (TPSA) is 82.1 Å². The highest BCUT2D eigenvalue weighted by molar-refractivity contribution is 5.82. The molecule has 1 heterocycles. The van der Waals surface area contributed by atoms with Crippen molar-refractivity contribution in [2.75, 3.05) is 32.8 Å². The molecule has 0 aromatic carbocycles. The Morgan fingerprint density at radius 2 is 2.00 bits per heavy atom. The number of carboxylic acid groups (broad SMARTS) is 1. The molecule has 2 N–H and O–H groups in total. The number of nitrogens with one attached hydrogen (secondary N) is 1. The zero-order chi connectivity index (χ0) is 17.8. The Morgan fingerprint density at radius 3 is 2.64 bits per heavy atom. The third kappa shape index (κ3) is 4.51. The standard InChI is InChI=1S/C18H31N3O4/c1-2-20(11-17(22)23)15-9-13(10-15)19-18(24)16-12-25-8-7-21(16)14-5-3-4-6-14/h13-16H,2-12H2,1H3,(H,19,24)(H,22,23). The number of hydrogen-bond donors (Lipinski definition) is 2. The van der Waals surface area contributed by atoms with Crippen LogP contribution in [0.15, 0.2) is 0 Å². The second-order valence-corrected chi connectivity index (χ2v) is 7.55. The summed E-state index contributed by atoms with van der Waals surface area (Å²) in [5.74, 6) is -0.711. The van der Waals surface area contributed by atoms with Crippen molar-refractivity contribution in [2.24, 2.45) is 0 Å². The minimum Gasteiger partial charge on any atom is -0.480 e. The Bertz CT molecular complexity index is 475. The van der Waals surface area contributed by atoms with Crippen LogP contribution in [0.25, 0.3) is 0 Å². The first-order valence-electron chi connectivity index (χ1n) is 9.68. The van der Waals surface area contributed by atoms with E-state index in [1.807, 2.05) is 11.8 Å².